The zero-order valence-electron chi connectivity index (χ0n) is 11.3. The Morgan fingerprint density at radius 2 is 1.89 bits per heavy atom. The highest BCUT2D eigenvalue weighted by molar-refractivity contribution is 5.48. The number of rotatable bonds is 4. The normalized spacial score (nSPS) is 12.2. The van der Waals surface area contributed by atoms with Gasteiger partial charge in [0.25, 0.3) is 0 Å². The van der Waals surface area contributed by atoms with Crippen LogP contribution in [0.25, 0.3) is 0 Å². The van der Waals surface area contributed by atoms with E-state index in [1.807, 2.05) is 26.0 Å². The lowest BCUT2D eigenvalue weighted by molar-refractivity contribution is 0.399. The van der Waals surface area contributed by atoms with Crippen molar-refractivity contribution in [1.29, 1.82) is 0 Å². The van der Waals surface area contributed by atoms with E-state index in [-0.39, 0.29) is 6.04 Å². The van der Waals surface area contributed by atoms with Crippen molar-refractivity contribution in [3.05, 3.63) is 53.1 Å². The number of ether oxygens (including phenoxy) is 1. The molecule has 5 heteroatoms. The maximum atomic E-state index is 5.66. The molecule has 2 rings (SSSR count). The smallest absolute Gasteiger partial charge is 0.151 e. The van der Waals surface area contributed by atoms with Crippen LogP contribution in [0.3, 0.4) is 0 Å². The number of hydrogen-bond acceptors (Lipinski definition) is 5. The number of hydrazine groups is 1. The van der Waals surface area contributed by atoms with Crippen molar-refractivity contribution >= 4 is 0 Å². The summed E-state index contributed by atoms with van der Waals surface area (Å²) in [6, 6.07) is 5.51. The first kappa shape index (κ1) is 13.5. The number of methoxy groups -OCH3 is 1. The summed E-state index contributed by atoms with van der Waals surface area (Å²) in [6.45, 7) is 4.07. The van der Waals surface area contributed by atoms with Crippen LogP contribution in [0.2, 0.25) is 0 Å². The average Bonchev–Trinajstić information content (AvgIpc) is 2.45. The second kappa shape index (κ2) is 5.77. The van der Waals surface area contributed by atoms with E-state index in [2.05, 4.69) is 15.4 Å². The minimum Gasteiger partial charge on any atom is -0.496 e. The lowest BCUT2D eigenvalue weighted by atomic mass is 9.99. The Balaban J connectivity index is 2.53. The number of hydrogen-bond donors (Lipinski definition) is 2. The van der Waals surface area contributed by atoms with Gasteiger partial charge in [0.15, 0.2) is 5.82 Å². The largest absolute Gasteiger partial charge is 0.496 e. The molecule has 0 bridgehead atoms. The van der Waals surface area contributed by atoms with E-state index in [1.54, 1.807) is 25.6 Å². The molecule has 1 aromatic heterocycles. The SMILES string of the molecule is COc1c(C(NN)c2ncccn2)ccc(C)c1C. The first-order chi connectivity index (χ1) is 9.19. The number of aromatic nitrogens is 2. The quantitative estimate of drug-likeness (QED) is 0.644. The predicted octanol–water partition coefficient (Wildman–Crippen LogP) is 1.65. The zero-order chi connectivity index (χ0) is 13.8. The van der Waals surface area contributed by atoms with Crippen LogP contribution in [-0.2, 0) is 0 Å². The summed E-state index contributed by atoms with van der Waals surface area (Å²) in [7, 11) is 1.66. The van der Waals surface area contributed by atoms with Crippen molar-refractivity contribution in [2.75, 3.05) is 7.11 Å². The van der Waals surface area contributed by atoms with Crippen molar-refractivity contribution in [2.45, 2.75) is 19.9 Å². The molecule has 0 saturated heterocycles. The first-order valence-electron chi connectivity index (χ1n) is 6.06. The number of nitrogens with one attached hydrogen (secondary N) is 1. The molecule has 0 radical (unpaired) electrons. The first-order valence-corrected chi connectivity index (χ1v) is 6.06. The van der Waals surface area contributed by atoms with Crippen LogP contribution in [0.4, 0.5) is 0 Å². The Hall–Kier alpha value is -1.98. The average molecular weight is 258 g/mol. The second-order valence-corrected chi connectivity index (χ2v) is 4.34. The Bertz CT molecular complexity index is 557. The lowest BCUT2D eigenvalue weighted by Crippen LogP contribution is -2.30. The summed E-state index contributed by atoms with van der Waals surface area (Å²) < 4.78 is 5.51. The summed E-state index contributed by atoms with van der Waals surface area (Å²) in [5.41, 5.74) is 5.95. The van der Waals surface area contributed by atoms with Crippen LogP contribution >= 0.6 is 0 Å². The summed E-state index contributed by atoms with van der Waals surface area (Å²) in [5, 5.41) is 0. The minimum atomic E-state index is -0.296. The number of benzene rings is 1. The molecule has 100 valence electrons. The van der Waals surface area contributed by atoms with Gasteiger partial charge in [-0.25, -0.2) is 15.4 Å². The molecule has 1 aromatic carbocycles. The highest BCUT2D eigenvalue weighted by Gasteiger charge is 2.21. The predicted molar refractivity (Wildman–Crippen MR) is 73.7 cm³/mol. The van der Waals surface area contributed by atoms with E-state index in [0.717, 1.165) is 16.9 Å². The van der Waals surface area contributed by atoms with Crippen molar-refractivity contribution in [3.63, 3.8) is 0 Å². The molecule has 19 heavy (non-hydrogen) atoms. The van der Waals surface area contributed by atoms with Crippen LogP contribution in [0.5, 0.6) is 5.75 Å². The summed E-state index contributed by atoms with van der Waals surface area (Å²) in [6.07, 6.45) is 3.39. The summed E-state index contributed by atoms with van der Waals surface area (Å²) >= 11 is 0. The molecule has 2 aromatic rings. The minimum absolute atomic E-state index is 0.296. The topological polar surface area (TPSA) is 73.1 Å². The van der Waals surface area contributed by atoms with Crippen LogP contribution in [0.15, 0.2) is 30.6 Å². The van der Waals surface area contributed by atoms with Gasteiger partial charge in [-0.2, -0.15) is 0 Å². The van der Waals surface area contributed by atoms with E-state index in [4.69, 9.17) is 10.6 Å². The van der Waals surface area contributed by atoms with Gasteiger partial charge in [0.1, 0.15) is 11.8 Å². The zero-order valence-corrected chi connectivity index (χ0v) is 11.3. The molecule has 0 aliphatic rings. The Morgan fingerprint density at radius 3 is 2.47 bits per heavy atom. The van der Waals surface area contributed by atoms with Gasteiger partial charge in [0.2, 0.25) is 0 Å². The monoisotopic (exact) mass is 258 g/mol. The lowest BCUT2D eigenvalue weighted by Gasteiger charge is -2.20. The fraction of sp³-hybridized carbons (Fsp3) is 0.286. The van der Waals surface area contributed by atoms with Gasteiger partial charge in [-0.15, -0.1) is 0 Å². The second-order valence-electron chi connectivity index (χ2n) is 4.34. The Kier molecular flexibility index (Phi) is 4.09. The van der Waals surface area contributed by atoms with Crippen molar-refractivity contribution in [2.24, 2.45) is 5.84 Å². The molecule has 0 spiro atoms. The number of nitrogens with two attached hydrogens (primary N) is 1. The van der Waals surface area contributed by atoms with Crippen LogP contribution in [0.1, 0.15) is 28.6 Å². The van der Waals surface area contributed by atoms with Crippen LogP contribution in [0, 0.1) is 13.8 Å². The van der Waals surface area contributed by atoms with Crippen molar-refractivity contribution in [1.82, 2.24) is 15.4 Å². The third-order valence-electron chi connectivity index (χ3n) is 3.23. The van der Waals surface area contributed by atoms with Gasteiger partial charge in [-0.3, -0.25) is 5.84 Å². The van der Waals surface area contributed by atoms with E-state index in [1.165, 1.54) is 5.56 Å². The third kappa shape index (κ3) is 2.57. The van der Waals surface area contributed by atoms with Crippen molar-refractivity contribution in [3.8, 4) is 5.75 Å². The van der Waals surface area contributed by atoms with E-state index in [0.29, 0.717) is 5.82 Å². The fourth-order valence-electron chi connectivity index (χ4n) is 2.07. The van der Waals surface area contributed by atoms with Gasteiger partial charge in [0.05, 0.1) is 7.11 Å². The van der Waals surface area contributed by atoms with E-state index >= 15 is 0 Å². The molecule has 0 fully saturated rings. The molecule has 0 saturated carbocycles. The number of nitrogens with zero attached hydrogens (tertiary/aromatic N) is 2. The van der Waals surface area contributed by atoms with Gasteiger partial charge in [0, 0.05) is 18.0 Å². The fourth-order valence-corrected chi connectivity index (χ4v) is 2.07. The highest BCUT2D eigenvalue weighted by Crippen LogP contribution is 2.32. The molecule has 0 aliphatic heterocycles. The Labute approximate surface area is 112 Å². The molecule has 0 aliphatic carbocycles. The molecule has 1 atom stereocenters. The van der Waals surface area contributed by atoms with Gasteiger partial charge >= 0.3 is 0 Å². The van der Waals surface area contributed by atoms with E-state index < -0.39 is 0 Å². The van der Waals surface area contributed by atoms with Gasteiger partial charge in [-0.05, 0) is 31.0 Å². The molecular formula is C14H18N4O. The van der Waals surface area contributed by atoms with Crippen LogP contribution in [-0.4, -0.2) is 17.1 Å². The molecule has 3 N–H and O–H groups in total. The van der Waals surface area contributed by atoms with E-state index in [9.17, 15) is 0 Å². The van der Waals surface area contributed by atoms with Crippen molar-refractivity contribution < 1.29 is 4.74 Å². The number of aryl methyl sites for hydroxylation is 1. The molecule has 5 nitrogen and oxygen atoms in total. The maximum absolute atomic E-state index is 5.66. The summed E-state index contributed by atoms with van der Waals surface area (Å²) in [5.74, 6) is 7.10. The molecular weight excluding hydrogens is 240 g/mol. The standard InChI is InChI=1S/C14H18N4O/c1-9-5-6-11(13(19-3)10(9)2)12(18-15)14-16-7-4-8-17-14/h4-8,12,18H,15H2,1-3H3. The van der Waals surface area contributed by atoms with Crippen LogP contribution < -0.4 is 16.0 Å². The Morgan fingerprint density at radius 1 is 1.21 bits per heavy atom. The maximum Gasteiger partial charge on any atom is 0.151 e. The third-order valence-corrected chi connectivity index (χ3v) is 3.23. The van der Waals surface area contributed by atoms with Gasteiger partial charge in [-0.1, -0.05) is 12.1 Å². The molecule has 1 heterocycles. The highest BCUT2D eigenvalue weighted by atomic mass is 16.5. The molecule has 1 unspecified atom stereocenters. The molecule has 0 amide bonds. The van der Waals surface area contributed by atoms with Gasteiger partial charge < -0.3 is 4.74 Å². The summed E-state index contributed by atoms with van der Waals surface area (Å²) in [4.78, 5) is 8.49.